The van der Waals surface area contributed by atoms with Crippen molar-refractivity contribution in [3.8, 4) is 0 Å². The summed E-state index contributed by atoms with van der Waals surface area (Å²) in [4.78, 5) is 25.1. The van der Waals surface area contributed by atoms with Crippen LogP contribution in [0.2, 0.25) is 0 Å². The van der Waals surface area contributed by atoms with Gasteiger partial charge in [-0.1, -0.05) is 0 Å². The van der Waals surface area contributed by atoms with E-state index in [9.17, 15) is 9.59 Å². The lowest BCUT2D eigenvalue weighted by molar-refractivity contribution is -0.125. The molecule has 0 radical (unpaired) electrons. The SMILES string of the molecule is CN(CCNC(=O)C1CCNCC1)C(=O)OC(C)(C)C. The minimum atomic E-state index is -0.496. The van der Waals surface area contributed by atoms with Crippen LogP contribution in [0.25, 0.3) is 0 Å². The van der Waals surface area contributed by atoms with Crippen LogP contribution in [0.3, 0.4) is 0 Å². The Morgan fingerprint density at radius 2 is 1.90 bits per heavy atom. The normalized spacial score (nSPS) is 16.6. The molecule has 6 heteroatoms. The second kappa shape index (κ2) is 7.47. The molecule has 2 amide bonds. The van der Waals surface area contributed by atoms with E-state index in [0.717, 1.165) is 25.9 Å². The minimum Gasteiger partial charge on any atom is -0.444 e. The fourth-order valence-corrected chi connectivity index (χ4v) is 2.01. The summed E-state index contributed by atoms with van der Waals surface area (Å²) in [6.07, 6.45) is 1.40. The Morgan fingerprint density at radius 1 is 1.30 bits per heavy atom. The van der Waals surface area contributed by atoms with Gasteiger partial charge in [0.05, 0.1) is 0 Å². The highest BCUT2D eigenvalue weighted by atomic mass is 16.6. The maximum Gasteiger partial charge on any atom is 0.410 e. The second-order valence-electron chi connectivity index (χ2n) is 6.22. The summed E-state index contributed by atoms with van der Waals surface area (Å²) in [7, 11) is 1.67. The maximum absolute atomic E-state index is 11.9. The highest BCUT2D eigenvalue weighted by Gasteiger charge is 2.22. The van der Waals surface area contributed by atoms with Crippen molar-refractivity contribution in [3.05, 3.63) is 0 Å². The van der Waals surface area contributed by atoms with Gasteiger partial charge in [-0.05, 0) is 46.7 Å². The molecule has 0 saturated carbocycles. The lowest BCUT2D eigenvalue weighted by Gasteiger charge is -2.25. The number of nitrogens with zero attached hydrogens (tertiary/aromatic N) is 1. The predicted octanol–water partition coefficient (Wildman–Crippen LogP) is 0.969. The molecule has 0 spiro atoms. The highest BCUT2D eigenvalue weighted by Crippen LogP contribution is 2.11. The van der Waals surface area contributed by atoms with Crippen molar-refractivity contribution >= 4 is 12.0 Å². The summed E-state index contributed by atoms with van der Waals surface area (Å²) in [5, 5.41) is 6.12. The molecule has 1 fully saturated rings. The zero-order valence-electron chi connectivity index (χ0n) is 13.0. The van der Waals surface area contributed by atoms with Crippen LogP contribution in [0.5, 0.6) is 0 Å². The molecule has 116 valence electrons. The maximum atomic E-state index is 11.9. The Bertz CT molecular complexity index is 333. The van der Waals surface area contributed by atoms with E-state index in [1.165, 1.54) is 4.90 Å². The molecule has 0 unspecified atom stereocenters. The number of piperidine rings is 1. The minimum absolute atomic E-state index is 0.0871. The van der Waals surface area contributed by atoms with Crippen molar-refractivity contribution in [2.45, 2.75) is 39.2 Å². The molecule has 6 nitrogen and oxygen atoms in total. The molecule has 1 aliphatic heterocycles. The molecule has 0 aromatic carbocycles. The van der Waals surface area contributed by atoms with Crippen molar-refractivity contribution in [2.75, 3.05) is 33.2 Å². The number of carbonyl (C=O) groups is 2. The molecule has 2 N–H and O–H groups in total. The fourth-order valence-electron chi connectivity index (χ4n) is 2.01. The van der Waals surface area contributed by atoms with Crippen LogP contribution in [0, 0.1) is 5.92 Å². The van der Waals surface area contributed by atoms with Gasteiger partial charge < -0.3 is 20.3 Å². The molecule has 1 rings (SSSR count). The zero-order valence-corrected chi connectivity index (χ0v) is 13.0. The van der Waals surface area contributed by atoms with Gasteiger partial charge in [-0.15, -0.1) is 0 Å². The Labute approximate surface area is 121 Å². The third kappa shape index (κ3) is 6.23. The molecule has 0 atom stereocenters. The Kier molecular flexibility index (Phi) is 6.26. The fraction of sp³-hybridized carbons (Fsp3) is 0.857. The number of hydrogen-bond donors (Lipinski definition) is 2. The predicted molar refractivity (Wildman–Crippen MR) is 77.5 cm³/mol. The smallest absolute Gasteiger partial charge is 0.410 e. The molecule has 1 heterocycles. The molecule has 1 saturated heterocycles. The number of carbonyl (C=O) groups excluding carboxylic acids is 2. The largest absolute Gasteiger partial charge is 0.444 e. The van der Waals surface area contributed by atoms with Gasteiger partial charge in [0, 0.05) is 26.1 Å². The van der Waals surface area contributed by atoms with Crippen LogP contribution >= 0.6 is 0 Å². The first kappa shape index (κ1) is 16.8. The van der Waals surface area contributed by atoms with Crippen molar-refractivity contribution in [2.24, 2.45) is 5.92 Å². The van der Waals surface area contributed by atoms with Crippen LogP contribution in [-0.4, -0.2) is 55.7 Å². The standard InChI is InChI=1S/C14H27N3O3/c1-14(2,3)20-13(19)17(4)10-9-16-12(18)11-5-7-15-8-6-11/h11,15H,5-10H2,1-4H3,(H,16,18). The summed E-state index contributed by atoms with van der Waals surface area (Å²) < 4.78 is 5.24. The van der Waals surface area contributed by atoms with Gasteiger partial charge in [0.1, 0.15) is 5.60 Å². The summed E-state index contributed by atoms with van der Waals surface area (Å²) in [6.45, 7) is 8.20. The summed E-state index contributed by atoms with van der Waals surface area (Å²) in [5.74, 6) is 0.187. The number of rotatable bonds is 4. The second-order valence-corrected chi connectivity index (χ2v) is 6.22. The number of likely N-dealkylation sites (N-methyl/N-ethyl adjacent to an activating group) is 1. The van der Waals surface area contributed by atoms with Crippen LogP contribution in [0.15, 0.2) is 0 Å². The highest BCUT2D eigenvalue weighted by molar-refractivity contribution is 5.78. The van der Waals surface area contributed by atoms with Gasteiger partial charge in [-0.2, -0.15) is 0 Å². The van der Waals surface area contributed by atoms with Gasteiger partial charge in [0.15, 0.2) is 0 Å². The summed E-state index contributed by atoms with van der Waals surface area (Å²) in [6, 6.07) is 0. The van der Waals surface area contributed by atoms with Gasteiger partial charge in [0.25, 0.3) is 0 Å². The van der Waals surface area contributed by atoms with E-state index in [2.05, 4.69) is 10.6 Å². The summed E-state index contributed by atoms with van der Waals surface area (Å²) >= 11 is 0. The third-order valence-electron chi connectivity index (χ3n) is 3.16. The molecule has 20 heavy (non-hydrogen) atoms. The molecular formula is C14H27N3O3. The van der Waals surface area contributed by atoms with Crippen molar-refractivity contribution in [3.63, 3.8) is 0 Å². The topological polar surface area (TPSA) is 70.7 Å². The first-order valence-corrected chi connectivity index (χ1v) is 7.22. The molecule has 0 aliphatic carbocycles. The van der Waals surface area contributed by atoms with Gasteiger partial charge in [-0.25, -0.2) is 4.79 Å². The van der Waals surface area contributed by atoms with Gasteiger partial charge in [0.2, 0.25) is 5.91 Å². The zero-order chi connectivity index (χ0) is 15.2. The number of amides is 2. The lowest BCUT2D eigenvalue weighted by Crippen LogP contribution is -2.42. The van der Waals surface area contributed by atoms with E-state index >= 15 is 0 Å². The van der Waals surface area contributed by atoms with Gasteiger partial charge in [-0.3, -0.25) is 4.79 Å². The Balaban J connectivity index is 2.22. The quantitative estimate of drug-likeness (QED) is 0.807. The Hall–Kier alpha value is -1.30. The molecule has 1 aliphatic rings. The van der Waals surface area contributed by atoms with Crippen molar-refractivity contribution in [1.29, 1.82) is 0 Å². The summed E-state index contributed by atoms with van der Waals surface area (Å²) in [5.41, 5.74) is -0.496. The first-order valence-electron chi connectivity index (χ1n) is 7.22. The van der Waals surface area contributed by atoms with E-state index in [1.54, 1.807) is 7.05 Å². The van der Waals surface area contributed by atoms with Crippen molar-refractivity contribution < 1.29 is 14.3 Å². The molecule has 0 bridgehead atoms. The first-order chi connectivity index (χ1) is 9.29. The van der Waals surface area contributed by atoms with E-state index in [4.69, 9.17) is 4.74 Å². The van der Waals surface area contributed by atoms with E-state index in [0.29, 0.717) is 13.1 Å². The van der Waals surface area contributed by atoms with Crippen molar-refractivity contribution in [1.82, 2.24) is 15.5 Å². The number of hydrogen-bond acceptors (Lipinski definition) is 4. The Morgan fingerprint density at radius 3 is 2.45 bits per heavy atom. The molecule has 0 aromatic rings. The van der Waals surface area contributed by atoms with E-state index < -0.39 is 5.60 Å². The number of nitrogens with one attached hydrogen (secondary N) is 2. The molecule has 0 aromatic heterocycles. The van der Waals surface area contributed by atoms with Gasteiger partial charge >= 0.3 is 6.09 Å². The van der Waals surface area contributed by atoms with E-state index in [-0.39, 0.29) is 17.9 Å². The average molecular weight is 285 g/mol. The van der Waals surface area contributed by atoms with Crippen LogP contribution in [-0.2, 0) is 9.53 Å². The van der Waals surface area contributed by atoms with Crippen LogP contribution < -0.4 is 10.6 Å². The average Bonchev–Trinajstić information content (AvgIpc) is 2.37. The monoisotopic (exact) mass is 285 g/mol. The third-order valence-corrected chi connectivity index (χ3v) is 3.16. The van der Waals surface area contributed by atoms with Crippen LogP contribution in [0.1, 0.15) is 33.6 Å². The van der Waals surface area contributed by atoms with Crippen LogP contribution in [0.4, 0.5) is 4.79 Å². The molecular weight excluding hydrogens is 258 g/mol. The lowest BCUT2D eigenvalue weighted by atomic mass is 9.97. The van der Waals surface area contributed by atoms with E-state index in [1.807, 2.05) is 20.8 Å². The number of ether oxygens (including phenoxy) is 1.